The molecule has 0 aliphatic rings. The SMILES string of the molecule is Cc1nnc(C)c2c1nc(CC(C)(C)C)n2Cc1ccc(-c2ccccc2C(=O)O)cc1. The maximum Gasteiger partial charge on any atom is 0.336 e. The van der Waals surface area contributed by atoms with Gasteiger partial charge >= 0.3 is 5.97 Å². The zero-order chi connectivity index (χ0) is 23.0. The maximum atomic E-state index is 11.6. The highest BCUT2D eigenvalue weighted by molar-refractivity contribution is 5.96. The Kier molecular flexibility index (Phi) is 5.55. The van der Waals surface area contributed by atoms with Crippen molar-refractivity contribution in [3.8, 4) is 11.1 Å². The van der Waals surface area contributed by atoms with Gasteiger partial charge in [0.05, 0.1) is 22.5 Å². The average molecular weight is 429 g/mol. The van der Waals surface area contributed by atoms with Gasteiger partial charge in [-0.25, -0.2) is 9.78 Å². The highest BCUT2D eigenvalue weighted by Gasteiger charge is 2.21. The van der Waals surface area contributed by atoms with Crippen LogP contribution in [0.4, 0.5) is 0 Å². The number of benzene rings is 2. The molecule has 0 fully saturated rings. The number of fused-ring (bicyclic) bond motifs is 1. The molecule has 0 radical (unpaired) electrons. The summed E-state index contributed by atoms with van der Waals surface area (Å²) < 4.78 is 2.25. The van der Waals surface area contributed by atoms with E-state index in [1.807, 2.05) is 38.1 Å². The van der Waals surface area contributed by atoms with Crippen LogP contribution < -0.4 is 0 Å². The summed E-state index contributed by atoms with van der Waals surface area (Å²) in [7, 11) is 0. The molecular formula is C26H28N4O2. The number of aromatic carboxylic acids is 1. The van der Waals surface area contributed by atoms with Crippen molar-refractivity contribution in [3.63, 3.8) is 0 Å². The van der Waals surface area contributed by atoms with Crippen molar-refractivity contribution < 1.29 is 9.90 Å². The first kappa shape index (κ1) is 21.7. The zero-order valence-corrected chi connectivity index (χ0v) is 19.2. The second-order valence-corrected chi connectivity index (χ2v) is 9.47. The molecule has 0 unspecified atom stereocenters. The number of imidazole rings is 1. The molecule has 6 nitrogen and oxygen atoms in total. The third kappa shape index (κ3) is 4.26. The molecule has 2 heterocycles. The topological polar surface area (TPSA) is 80.9 Å². The smallest absolute Gasteiger partial charge is 0.336 e. The van der Waals surface area contributed by atoms with Crippen LogP contribution in [0.3, 0.4) is 0 Å². The number of carboxylic acid groups (broad SMARTS) is 1. The number of hydrogen-bond donors (Lipinski definition) is 1. The fraction of sp³-hybridized carbons (Fsp3) is 0.308. The summed E-state index contributed by atoms with van der Waals surface area (Å²) in [6.07, 6.45) is 0.838. The van der Waals surface area contributed by atoms with E-state index in [4.69, 9.17) is 4.98 Å². The van der Waals surface area contributed by atoms with Gasteiger partial charge in [0.2, 0.25) is 0 Å². The lowest BCUT2D eigenvalue weighted by Gasteiger charge is -2.19. The van der Waals surface area contributed by atoms with Gasteiger partial charge in [-0.3, -0.25) is 0 Å². The van der Waals surface area contributed by atoms with Crippen LogP contribution in [0.1, 0.15) is 53.9 Å². The molecule has 2 aromatic carbocycles. The van der Waals surface area contributed by atoms with Crippen molar-refractivity contribution in [1.82, 2.24) is 19.7 Å². The zero-order valence-electron chi connectivity index (χ0n) is 19.2. The second-order valence-electron chi connectivity index (χ2n) is 9.47. The molecule has 0 aliphatic carbocycles. The van der Waals surface area contributed by atoms with E-state index in [0.29, 0.717) is 12.1 Å². The summed E-state index contributed by atoms with van der Waals surface area (Å²) in [5, 5.41) is 18.1. The van der Waals surface area contributed by atoms with Crippen molar-refractivity contribution in [3.05, 3.63) is 76.9 Å². The van der Waals surface area contributed by atoms with Gasteiger partial charge in [-0.1, -0.05) is 63.2 Å². The minimum absolute atomic E-state index is 0.0895. The van der Waals surface area contributed by atoms with Crippen molar-refractivity contribution in [2.75, 3.05) is 0 Å². The molecule has 32 heavy (non-hydrogen) atoms. The van der Waals surface area contributed by atoms with Crippen LogP contribution >= 0.6 is 0 Å². The normalized spacial score (nSPS) is 11.8. The molecule has 0 amide bonds. The first-order valence-corrected chi connectivity index (χ1v) is 10.7. The van der Waals surface area contributed by atoms with Crippen LogP contribution in [0, 0.1) is 19.3 Å². The van der Waals surface area contributed by atoms with E-state index in [0.717, 1.165) is 51.4 Å². The van der Waals surface area contributed by atoms with Crippen molar-refractivity contribution in [2.45, 2.75) is 47.6 Å². The minimum atomic E-state index is -0.923. The van der Waals surface area contributed by atoms with E-state index in [1.165, 1.54) is 0 Å². The van der Waals surface area contributed by atoms with Gasteiger partial charge in [-0.15, -0.1) is 0 Å². The van der Waals surface area contributed by atoms with Crippen LogP contribution in [0.15, 0.2) is 48.5 Å². The van der Waals surface area contributed by atoms with Crippen LogP contribution in [0.2, 0.25) is 0 Å². The van der Waals surface area contributed by atoms with E-state index in [9.17, 15) is 9.90 Å². The number of rotatable bonds is 5. The van der Waals surface area contributed by atoms with Crippen LogP contribution in [0.25, 0.3) is 22.2 Å². The van der Waals surface area contributed by atoms with E-state index in [1.54, 1.807) is 12.1 Å². The van der Waals surface area contributed by atoms with Gasteiger partial charge in [0.15, 0.2) is 0 Å². The van der Waals surface area contributed by atoms with E-state index < -0.39 is 5.97 Å². The number of carboxylic acids is 1. The Morgan fingerprint density at radius 1 is 0.969 bits per heavy atom. The molecule has 0 saturated carbocycles. The third-order valence-electron chi connectivity index (χ3n) is 5.53. The lowest BCUT2D eigenvalue weighted by molar-refractivity contribution is 0.0697. The number of carbonyl (C=O) groups is 1. The highest BCUT2D eigenvalue weighted by Crippen LogP contribution is 2.28. The Morgan fingerprint density at radius 2 is 1.62 bits per heavy atom. The molecule has 0 bridgehead atoms. The lowest BCUT2D eigenvalue weighted by Crippen LogP contribution is -2.15. The van der Waals surface area contributed by atoms with Gasteiger partial charge < -0.3 is 9.67 Å². The summed E-state index contributed by atoms with van der Waals surface area (Å²) in [5.74, 6) is 0.0992. The van der Waals surface area contributed by atoms with Gasteiger partial charge in [-0.05, 0) is 42.0 Å². The van der Waals surface area contributed by atoms with Crippen LogP contribution in [-0.4, -0.2) is 30.8 Å². The van der Waals surface area contributed by atoms with E-state index in [2.05, 4.69) is 47.7 Å². The Labute approximate surface area is 188 Å². The predicted octanol–water partition coefficient (Wildman–Crippen LogP) is 5.45. The molecule has 0 spiro atoms. The van der Waals surface area contributed by atoms with E-state index in [-0.39, 0.29) is 5.41 Å². The second kappa shape index (κ2) is 8.19. The van der Waals surface area contributed by atoms with Crippen molar-refractivity contribution in [1.29, 1.82) is 0 Å². The molecule has 4 aromatic rings. The Bertz CT molecular complexity index is 1300. The number of nitrogens with zero attached hydrogens (tertiary/aromatic N) is 4. The Morgan fingerprint density at radius 3 is 2.28 bits per heavy atom. The highest BCUT2D eigenvalue weighted by atomic mass is 16.4. The number of aryl methyl sites for hydroxylation is 2. The first-order chi connectivity index (χ1) is 15.1. The number of hydrogen-bond acceptors (Lipinski definition) is 4. The summed E-state index contributed by atoms with van der Waals surface area (Å²) in [5.41, 5.74) is 6.74. The van der Waals surface area contributed by atoms with Gasteiger partial charge in [0.25, 0.3) is 0 Å². The molecule has 1 N–H and O–H groups in total. The lowest BCUT2D eigenvalue weighted by atomic mass is 9.92. The average Bonchev–Trinajstić information content (AvgIpc) is 3.09. The molecule has 0 saturated heterocycles. The monoisotopic (exact) mass is 428 g/mol. The minimum Gasteiger partial charge on any atom is -0.478 e. The summed E-state index contributed by atoms with van der Waals surface area (Å²) in [6, 6.07) is 15.2. The molecule has 2 aromatic heterocycles. The summed E-state index contributed by atoms with van der Waals surface area (Å²) in [6.45, 7) is 11.2. The van der Waals surface area contributed by atoms with Gasteiger partial charge in [-0.2, -0.15) is 10.2 Å². The quantitative estimate of drug-likeness (QED) is 0.457. The Balaban J connectivity index is 1.75. The fourth-order valence-electron chi connectivity index (χ4n) is 4.04. The molecule has 0 atom stereocenters. The maximum absolute atomic E-state index is 11.6. The standard InChI is InChI=1S/C26H28N4O2/c1-16-23-24(17(2)29-28-16)30(22(27-23)14-26(3,4)5)15-18-10-12-19(13-11-18)20-8-6-7-9-21(20)25(31)32/h6-13H,14-15H2,1-5H3,(H,31,32). The van der Waals surface area contributed by atoms with Crippen molar-refractivity contribution >= 4 is 17.0 Å². The van der Waals surface area contributed by atoms with Gasteiger partial charge in [0.1, 0.15) is 11.3 Å². The predicted molar refractivity (Wildman–Crippen MR) is 126 cm³/mol. The molecule has 4 rings (SSSR count). The summed E-state index contributed by atoms with van der Waals surface area (Å²) in [4.78, 5) is 16.5. The number of aromatic nitrogens is 4. The van der Waals surface area contributed by atoms with Gasteiger partial charge in [0, 0.05) is 13.0 Å². The molecule has 164 valence electrons. The molecule has 0 aliphatic heterocycles. The van der Waals surface area contributed by atoms with Crippen molar-refractivity contribution in [2.24, 2.45) is 5.41 Å². The van der Waals surface area contributed by atoms with E-state index >= 15 is 0 Å². The molecule has 6 heteroatoms. The Hall–Kier alpha value is -3.54. The summed E-state index contributed by atoms with van der Waals surface area (Å²) >= 11 is 0. The first-order valence-electron chi connectivity index (χ1n) is 10.7. The largest absolute Gasteiger partial charge is 0.478 e. The molecular weight excluding hydrogens is 400 g/mol. The van der Waals surface area contributed by atoms with Crippen LogP contribution in [-0.2, 0) is 13.0 Å². The van der Waals surface area contributed by atoms with Crippen LogP contribution in [0.5, 0.6) is 0 Å². The fourth-order valence-corrected chi connectivity index (χ4v) is 4.04. The third-order valence-corrected chi connectivity index (χ3v) is 5.53.